The zero-order valence-electron chi connectivity index (χ0n) is 15.1. The molecule has 148 valence electrons. The summed E-state index contributed by atoms with van der Waals surface area (Å²) in [6, 6.07) is 3.00. The number of halogens is 2. The van der Waals surface area contributed by atoms with Crippen LogP contribution in [-0.2, 0) is 25.7 Å². The van der Waals surface area contributed by atoms with Crippen LogP contribution in [0, 0.1) is 27.2 Å². The van der Waals surface area contributed by atoms with E-state index in [0.29, 0.717) is 0 Å². The molecule has 28 heavy (non-hydrogen) atoms. The van der Waals surface area contributed by atoms with Crippen molar-refractivity contribution in [2.75, 3.05) is 0 Å². The summed E-state index contributed by atoms with van der Waals surface area (Å²) in [5, 5.41) is 31.0. The molecule has 7 nitrogen and oxygen atoms in total. The van der Waals surface area contributed by atoms with Crippen molar-refractivity contribution in [1.29, 1.82) is 0 Å². The molecule has 2 aromatic carbocycles. The van der Waals surface area contributed by atoms with Crippen molar-refractivity contribution in [2.24, 2.45) is 0 Å². The van der Waals surface area contributed by atoms with E-state index in [9.17, 15) is 25.3 Å². The Morgan fingerprint density at radius 2 is 1.25 bits per heavy atom. The number of hydrogen-bond acceptors (Lipinski definition) is 5. The minimum absolute atomic E-state index is 0.161. The lowest BCUT2D eigenvalue weighted by Gasteiger charge is -2.06. The fourth-order valence-corrected chi connectivity index (χ4v) is 5.23. The van der Waals surface area contributed by atoms with Gasteiger partial charge < -0.3 is 5.11 Å². The number of rotatable bonds is 2. The summed E-state index contributed by atoms with van der Waals surface area (Å²) >= 11 is 6.68. The molecule has 0 unspecified atom stereocenters. The zero-order chi connectivity index (χ0) is 20.6. The largest absolute Gasteiger partial charge is 0.502 e. The van der Waals surface area contributed by atoms with Crippen molar-refractivity contribution >= 4 is 43.2 Å². The monoisotopic (exact) mass is 512 g/mol. The number of hydrogen-bond donors (Lipinski definition) is 1. The summed E-state index contributed by atoms with van der Waals surface area (Å²) in [7, 11) is 0. The van der Waals surface area contributed by atoms with E-state index in [2.05, 4.69) is 31.9 Å². The van der Waals surface area contributed by atoms with Crippen molar-refractivity contribution in [3.63, 3.8) is 0 Å². The molecular formula is C19H18Br2N2O5. The second-order valence-corrected chi connectivity index (χ2v) is 8.57. The van der Waals surface area contributed by atoms with Gasteiger partial charge in [-0.2, -0.15) is 0 Å². The number of phenolic OH excluding ortho intramolecular Hbond substituents is 1. The van der Waals surface area contributed by atoms with Crippen molar-refractivity contribution in [2.45, 2.75) is 45.4 Å². The molecule has 9 heteroatoms. The lowest BCUT2D eigenvalue weighted by molar-refractivity contribution is -0.386. The van der Waals surface area contributed by atoms with Crippen LogP contribution in [0.5, 0.6) is 5.75 Å². The summed E-state index contributed by atoms with van der Waals surface area (Å²) in [5.41, 5.74) is 5.03. The Morgan fingerprint density at radius 1 is 0.821 bits per heavy atom. The molecule has 0 fully saturated rings. The van der Waals surface area contributed by atoms with Crippen LogP contribution in [0.25, 0.3) is 0 Å². The minimum Gasteiger partial charge on any atom is -0.502 e. The summed E-state index contributed by atoms with van der Waals surface area (Å²) in [4.78, 5) is 20.5. The average Bonchev–Trinajstić information content (AvgIpc) is 3.31. The van der Waals surface area contributed by atoms with Gasteiger partial charge in [-0.15, -0.1) is 0 Å². The van der Waals surface area contributed by atoms with E-state index in [0.717, 1.165) is 64.2 Å². The second-order valence-electron chi connectivity index (χ2n) is 6.86. The van der Waals surface area contributed by atoms with Gasteiger partial charge in [-0.25, -0.2) is 0 Å². The van der Waals surface area contributed by atoms with Gasteiger partial charge in [0, 0.05) is 32.2 Å². The van der Waals surface area contributed by atoms with E-state index in [1.807, 2.05) is 6.92 Å². The molecule has 2 aromatic rings. The summed E-state index contributed by atoms with van der Waals surface area (Å²) < 4.78 is 1.62. The molecule has 1 N–H and O–H groups in total. The maximum absolute atomic E-state index is 10.8. The maximum atomic E-state index is 10.8. The van der Waals surface area contributed by atoms with E-state index in [1.54, 1.807) is 6.07 Å². The molecule has 2 aliphatic rings. The van der Waals surface area contributed by atoms with Gasteiger partial charge in [0.25, 0.3) is 5.69 Å². The van der Waals surface area contributed by atoms with Crippen LogP contribution in [0.4, 0.5) is 11.4 Å². The highest BCUT2D eigenvalue weighted by Gasteiger charge is 2.26. The Kier molecular flexibility index (Phi) is 6.04. The molecule has 0 aliphatic heterocycles. The van der Waals surface area contributed by atoms with Crippen LogP contribution >= 0.6 is 31.9 Å². The van der Waals surface area contributed by atoms with Crippen molar-refractivity contribution in [1.82, 2.24) is 0 Å². The molecule has 2 aliphatic carbocycles. The fraction of sp³-hybridized carbons (Fsp3) is 0.368. The third-order valence-electron chi connectivity index (χ3n) is 5.30. The molecule has 0 spiro atoms. The Labute approximate surface area is 178 Å². The van der Waals surface area contributed by atoms with Gasteiger partial charge in [-0.05, 0) is 62.1 Å². The Bertz CT molecular complexity index is 912. The summed E-state index contributed by atoms with van der Waals surface area (Å²) in [5.74, 6) is -0.161. The predicted molar refractivity (Wildman–Crippen MR) is 112 cm³/mol. The van der Waals surface area contributed by atoms with Gasteiger partial charge >= 0.3 is 5.69 Å². The third-order valence-corrected chi connectivity index (χ3v) is 6.71. The first-order valence-corrected chi connectivity index (χ1v) is 10.4. The molecule has 0 bridgehead atoms. The van der Waals surface area contributed by atoms with Crippen molar-refractivity contribution in [3.05, 3.63) is 69.1 Å². The topological polar surface area (TPSA) is 107 Å². The molecule has 0 saturated carbocycles. The molecular weight excluding hydrogens is 496 g/mol. The van der Waals surface area contributed by atoms with Crippen LogP contribution in [0.3, 0.4) is 0 Å². The zero-order valence-corrected chi connectivity index (χ0v) is 18.3. The van der Waals surface area contributed by atoms with E-state index in [1.165, 1.54) is 17.2 Å². The van der Waals surface area contributed by atoms with Gasteiger partial charge in [0.05, 0.1) is 9.85 Å². The molecule has 4 rings (SSSR count). The normalized spacial score (nSPS) is 14.1. The SMILES string of the molecule is Cc1c([N+](=O)[O-])cc(Br)c2c1CCC2.O=[N+]([O-])c1cc(Br)c2c(c1O)CCC2. The standard InChI is InChI=1S/C10H10BrNO2.C9H8BrNO3/c1-6-7-3-2-4-8(7)9(11)5-10(6)12(13)14;10-7-4-8(11(13)14)9(12)6-3-1-2-5(6)7/h5H,2-4H2,1H3;4,12H,1-3H2. The van der Waals surface area contributed by atoms with Crippen molar-refractivity contribution < 1.29 is 15.0 Å². The highest BCUT2D eigenvalue weighted by atomic mass is 79.9. The average molecular weight is 514 g/mol. The van der Waals surface area contributed by atoms with Crippen LogP contribution in [0.15, 0.2) is 21.1 Å². The smallest absolute Gasteiger partial charge is 0.312 e. The van der Waals surface area contributed by atoms with Gasteiger partial charge in [0.2, 0.25) is 0 Å². The molecule has 0 atom stereocenters. The van der Waals surface area contributed by atoms with Crippen molar-refractivity contribution in [3.8, 4) is 5.75 Å². The van der Waals surface area contributed by atoms with E-state index >= 15 is 0 Å². The van der Waals surface area contributed by atoms with Crippen LogP contribution in [0.2, 0.25) is 0 Å². The molecule has 0 radical (unpaired) electrons. The van der Waals surface area contributed by atoms with E-state index in [-0.39, 0.29) is 22.0 Å². The highest BCUT2D eigenvalue weighted by molar-refractivity contribution is 9.10. The maximum Gasteiger partial charge on any atom is 0.312 e. The second kappa shape index (κ2) is 8.16. The number of phenols is 1. The molecule has 0 amide bonds. The third kappa shape index (κ3) is 3.77. The van der Waals surface area contributed by atoms with Crippen LogP contribution in [-0.4, -0.2) is 15.0 Å². The molecule has 0 aromatic heterocycles. The summed E-state index contributed by atoms with van der Waals surface area (Å²) in [6.07, 6.45) is 5.66. The molecule has 0 heterocycles. The predicted octanol–water partition coefficient (Wildman–Crippen LogP) is 5.71. The number of nitrogens with zero attached hydrogens (tertiary/aromatic N) is 2. The quantitative estimate of drug-likeness (QED) is 0.409. The number of benzene rings is 2. The lowest BCUT2D eigenvalue weighted by Crippen LogP contribution is -1.97. The van der Waals surface area contributed by atoms with Crippen LogP contribution < -0.4 is 0 Å². The Morgan fingerprint density at radius 3 is 1.79 bits per heavy atom. The Balaban J connectivity index is 0.000000161. The van der Waals surface area contributed by atoms with Gasteiger partial charge in [-0.3, -0.25) is 20.2 Å². The first-order chi connectivity index (χ1) is 13.2. The number of nitro benzene ring substituents is 2. The number of nitro groups is 2. The summed E-state index contributed by atoms with van der Waals surface area (Å²) in [6.45, 7) is 1.84. The first-order valence-electron chi connectivity index (χ1n) is 8.85. The van der Waals surface area contributed by atoms with Gasteiger partial charge in [-0.1, -0.05) is 31.9 Å². The van der Waals surface area contributed by atoms with E-state index < -0.39 is 4.92 Å². The van der Waals surface area contributed by atoms with Gasteiger partial charge in [0.1, 0.15) is 0 Å². The fourth-order valence-electron chi connectivity index (χ4n) is 3.92. The first kappa shape index (κ1) is 20.7. The lowest BCUT2D eigenvalue weighted by atomic mass is 10.0. The Hall–Kier alpha value is -2.00. The van der Waals surface area contributed by atoms with Crippen LogP contribution in [0.1, 0.15) is 40.7 Å². The number of fused-ring (bicyclic) bond motifs is 2. The molecule has 0 saturated heterocycles. The highest BCUT2D eigenvalue weighted by Crippen LogP contribution is 2.41. The van der Waals surface area contributed by atoms with Gasteiger partial charge in [0.15, 0.2) is 5.75 Å². The van der Waals surface area contributed by atoms with E-state index in [4.69, 9.17) is 0 Å². The minimum atomic E-state index is -0.557. The number of aromatic hydroxyl groups is 1.